The Kier molecular flexibility index (Phi) is 19.3. The van der Waals surface area contributed by atoms with Crippen molar-refractivity contribution in [3.05, 3.63) is 209 Å². The molecule has 2 aliphatic carbocycles. The zero-order valence-electron chi connectivity index (χ0n) is 50.5. The molecule has 4 fully saturated rings. The summed E-state index contributed by atoms with van der Waals surface area (Å²) in [6.45, 7) is 12.1. The number of aliphatic hydroxyl groups is 1. The Hall–Kier alpha value is -7.05. The van der Waals surface area contributed by atoms with Crippen LogP contribution in [0.25, 0.3) is 22.3 Å². The number of nitrogens with zero attached hydrogens (tertiary/aromatic N) is 5. The summed E-state index contributed by atoms with van der Waals surface area (Å²) >= 11 is 15.4. The second-order valence-electron chi connectivity index (χ2n) is 24.6. The number of aryl methyl sites for hydroxylation is 4. The fourth-order valence-electron chi connectivity index (χ4n) is 13.5. The summed E-state index contributed by atoms with van der Waals surface area (Å²) in [5.41, 5.74) is 12.7. The van der Waals surface area contributed by atoms with E-state index in [1.807, 2.05) is 55.1 Å². The Morgan fingerprint density at radius 2 is 1.04 bits per heavy atom. The minimum atomic E-state index is -0.537. The van der Waals surface area contributed by atoms with Gasteiger partial charge in [-0.25, -0.2) is 14.3 Å². The number of benzene rings is 4. The standard InChI is InChI=1S/C35H36ClN3O4S.C28H26ClN3O2S.C8H14O2/c1-35(16-19-42-20-17-35)33(40)39-23(12-13-24-14-15-32(36)44-24)21-30(37-39)31-11-6-18-38(31)34(41)43-22-29-27-9-4-2-7-25(27)26-8-3-5-10-28(26)29;29-27-14-13-19(35-27)12-11-18-16-25(31-30-18)26-10-5-15-32(26)28(33)34-17-24-22-8-3-1-6-20(22)21-7-2-4-9-23(21)24;1-7(9)8(2)3-5-10-6-4-8/h2-5,7-10,14-15,21,29,31H,6,11-13,16-20,22H2,1H3;1-4,6-9,13-14,16,24,26H,5,10-12,15,17H2,(H,30,31);9H,1,3-6H2,2H3. The van der Waals surface area contributed by atoms with Crippen LogP contribution in [0.4, 0.5) is 9.59 Å². The van der Waals surface area contributed by atoms with Gasteiger partial charge in [0.25, 0.3) is 5.91 Å². The van der Waals surface area contributed by atoms with E-state index in [4.69, 9.17) is 47.2 Å². The zero-order valence-corrected chi connectivity index (χ0v) is 53.6. The van der Waals surface area contributed by atoms with Crippen molar-refractivity contribution in [3.63, 3.8) is 0 Å². The Bertz CT molecular complexity index is 3730. The summed E-state index contributed by atoms with van der Waals surface area (Å²) in [6.07, 6.45) is 9.19. The Labute approximate surface area is 538 Å². The first-order valence-electron chi connectivity index (χ1n) is 31.2. The molecule has 2 N–H and O–H groups in total. The van der Waals surface area contributed by atoms with Gasteiger partial charge in [0, 0.05) is 77.9 Å². The molecule has 8 aromatic rings. The molecule has 0 spiro atoms. The average molecular weight is 1280 g/mol. The van der Waals surface area contributed by atoms with E-state index in [0.29, 0.717) is 57.9 Å². The number of rotatable bonds is 14. The second-order valence-corrected chi connectivity index (χ2v) is 28.2. The van der Waals surface area contributed by atoms with E-state index in [2.05, 4.69) is 114 Å². The third-order valence-electron chi connectivity index (χ3n) is 18.9. The molecule has 8 heterocycles. The van der Waals surface area contributed by atoms with Crippen LogP contribution in [0.3, 0.4) is 0 Å². The third kappa shape index (κ3) is 13.7. The van der Waals surface area contributed by atoms with Crippen LogP contribution in [0.1, 0.15) is 149 Å². The lowest BCUT2D eigenvalue weighted by Crippen LogP contribution is -2.39. The molecule has 0 bridgehead atoms. The molecular weight excluding hydrogens is 1200 g/mol. The number of halogens is 2. The Balaban J connectivity index is 0.000000152. The molecule has 2 atom stereocenters. The van der Waals surface area contributed by atoms with Gasteiger partial charge in [-0.15, -0.1) is 22.7 Å². The highest BCUT2D eigenvalue weighted by molar-refractivity contribution is 7.16. The molecule has 89 heavy (non-hydrogen) atoms. The first kappa shape index (κ1) is 62.2. The number of aromatic amines is 1. The number of aromatic nitrogens is 4. The minimum Gasteiger partial charge on any atom is -0.512 e. The first-order chi connectivity index (χ1) is 43.2. The molecular formula is C71H76Cl2N6O8S2. The summed E-state index contributed by atoms with van der Waals surface area (Å²) in [4.78, 5) is 46.8. The van der Waals surface area contributed by atoms with E-state index in [1.54, 1.807) is 32.3 Å². The predicted octanol–water partition coefficient (Wildman–Crippen LogP) is 16.8. The molecule has 14 rings (SSSR count). The number of fused-ring (bicyclic) bond motifs is 6. The predicted molar refractivity (Wildman–Crippen MR) is 351 cm³/mol. The van der Waals surface area contributed by atoms with E-state index in [-0.39, 0.29) is 54.0 Å². The van der Waals surface area contributed by atoms with E-state index >= 15 is 0 Å². The number of H-pyrrole nitrogens is 1. The SMILES string of the molecule is C=C(O)C1(C)CCOCC1.CC1(C(=O)n2nc(C3CCCN3C(=O)OCC3c4ccccc4-c4ccccc43)cc2CCc2ccc(Cl)s2)CCOCC1.O=C(OCC1c2ccccc2-c2ccccc21)N1CCCC1c1cc(CCc2ccc(Cl)s2)[nH]n1. The van der Waals surface area contributed by atoms with Gasteiger partial charge in [0.2, 0.25) is 0 Å². The molecule has 4 aliphatic heterocycles. The molecule has 6 aliphatic rings. The van der Waals surface area contributed by atoms with Crippen molar-refractivity contribution in [1.82, 2.24) is 29.8 Å². The third-order valence-corrected chi connectivity index (χ3v) is 21.5. The number of nitrogens with one attached hydrogen (secondary N) is 1. The van der Waals surface area contributed by atoms with Gasteiger partial charge >= 0.3 is 12.2 Å². The van der Waals surface area contributed by atoms with Gasteiger partial charge in [0.1, 0.15) is 13.2 Å². The lowest BCUT2D eigenvalue weighted by molar-refractivity contribution is 0.0164. The van der Waals surface area contributed by atoms with Crippen LogP contribution >= 0.6 is 45.9 Å². The number of aliphatic hydroxyl groups excluding tert-OH is 1. The quantitative estimate of drug-likeness (QED) is 0.100. The van der Waals surface area contributed by atoms with Crippen molar-refractivity contribution < 1.29 is 38.4 Å². The van der Waals surface area contributed by atoms with Gasteiger partial charge in [-0.3, -0.25) is 19.7 Å². The molecule has 18 heteroatoms. The average Bonchev–Trinajstić information content (AvgIpc) is 1.68. The minimum absolute atomic E-state index is 0.00167. The monoisotopic (exact) mass is 1270 g/mol. The number of carbonyl (C=O) groups excluding carboxylic acids is 3. The van der Waals surface area contributed by atoms with Gasteiger partial charge in [-0.2, -0.15) is 10.2 Å². The molecule has 14 nitrogen and oxygen atoms in total. The number of carbonyl (C=O) groups is 3. The van der Waals surface area contributed by atoms with Crippen LogP contribution in [0, 0.1) is 10.8 Å². The first-order valence-corrected chi connectivity index (χ1v) is 33.6. The number of thiophene rings is 2. The maximum absolute atomic E-state index is 14.0. The highest BCUT2D eigenvalue weighted by Crippen LogP contribution is 2.47. The van der Waals surface area contributed by atoms with Crippen molar-refractivity contribution in [2.75, 3.05) is 52.7 Å². The molecule has 0 radical (unpaired) electrons. The van der Waals surface area contributed by atoms with E-state index in [9.17, 15) is 19.5 Å². The van der Waals surface area contributed by atoms with Gasteiger partial charge in [0.05, 0.1) is 43.3 Å². The molecule has 4 saturated heterocycles. The fraction of sp³-hybridized carbons (Fsp3) is 0.394. The van der Waals surface area contributed by atoms with E-state index in [1.165, 1.54) is 49.4 Å². The Morgan fingerprint density at radius 1 is 0.607 bits per heavy atom. The maximum Gasteiger partial charge on any atom is 0.410 e. The lowest BCUT2D eigenvalue weighted by atomic mass is 9.81. The highest BCUT2D eigenvalue weighted by Gasteiger charge is 2.41. The summed E-state index contributed by atoms with van der Waals surface area (Å²) in [6, 6.07) is 45.3. The largest absolute Gasteiger partial charge is 0.512 e. The number of hydrogen-bond acceptors (Lipinski definition) is 12. The van der Waals surface area contributed by atoms with Crippen LogP contribution in [0.15, 0.2) is 146 Å². The molecule has 464 valence electrons. The molecule has 4 aromatic carbocycles. The van der Waals surface area contributed by atoms with Crippen molar-refractivity contribution in [2.45, 2.75) is 115 Å². The van der Waals surface area contributed by atoms with Crippen LogP contribution in [-0.4, -0.2) is 106 Å². The number of likely N-dealkylation sites (tertiary alicyclic amines) is 2. The van der Waals surface area contributed by atoms with Crippen molar-refractivity contribution in [2.24, 2.45) is 10.8 Å². The topological polar surface area (TPSA) is 161 Å². The van der Waals surface area contributed by atoms with E-state index < -0.39 is 5.41 Å². The summed E-state index contributed by atoms with van der Waals surface area (Å²) < 4.78 is 25.9. The van der Waals surface area contributed by atoms with Gasteiger partial charge in [-0.1, -0.05) is 141 Å². The van der Waals surface area contributed by atoms with Gasteiger partial charge in [-0.05, 0) is 158 Å². The van der Waals surface area contributed by atoms with Crippen molar-refractivity contribution in [3.8, 4) is 22.3 Å². The van der Waals surface area contributed by atoms with Gasteiger partial charge in [0.15, 0.2) is 0 Å². The summed E-state index contributed by atoms with van der Waals surface area (Å²) in [5, 5.41) is 21.8. The highest BCUT2D eigenvalue weighted by atomic mass is 35.5. The van der Waals surface area contributed by atoms with Crippen molar-refractivity contribution >= 4 is 64.0 Å². The summed E-state index contributed by atoms with van der Waals surface area (Å²) in [7, 11) is 0. The maximum atomic E-state index is 14.0. The smallest absolute Gasteiger partial charge is 0.410 e. The second kappa shape index (κ2) is 27.6. The van der Waals surface area contributed by atoms with Crippen LogP contribution in [0.5, 0.6) is 0 Å². The number of ether oxygens (including phenoxy) is 4. The number of amides is 2. The zero-order chi connectivity index (χ0) is 61.7. The van der Waals surface area contributed by atoms with Crippen LogP contribution in [0.2, 0.25) is 8.67 Å². The number of hydrogen-bond donors (Lipinski definition) is 2. The Morgan fingerprint density at radius 3 is 1.48 bits per heavy atom. The lowest BCUT2D eigenvalue weighted by Gasteiger charge is -2.32. The molecule has 2 amide bonds. The summed E-state index contributed by atoms with van der Waals surface area (Å²) in [5.74, 6) is 0.365. The van der Waals surface area contributed by atoms with Crippen LogP contribution in [-0.2, 0) is 44.6 Å². The molecule has 4 aromatic heterocycles. The number of allylic oxidation sites excluding steroid dienone is 1. The molecule has 0 saturated carbocycles. The normalized spacial score (nSPS) is 18.8. The van der Waals surface area contributed by atoms with E-state index in [0.717, 1.165) is 107 Å². The van der Waals surface area contributed by atoms with Crippen molar-refractivity contribution in [1.29, 1.82) is 0 Å². The van der Waals surface area contributed by atoms with Crippen LogP contribution < -0.4 is 0 Å². The fourth-order valence-corrected chi connectivity index (χ4v) is 15.6. The van der Waals surface area contributed by atoms with Gasteiger partial charge < -0.3 is 24.1 Å². The molecule has 2 unspecified atom stereocenters.